The summed E-state index contributed by atoms with van der Waals surface area (Å²) >= 11 is -0.581. The molecule has 0 aromatic carbocycles. The predicted octanol–water partition coefficient (Wildman–Crippen LogP) is 4.91. The van der Waals surface area contributed by atoms with E-state index in [4.69, 9.17) is 25.9 Å². The van der Waals surface area contributed by atoms with Crippen molar-refractivity contribution in [1.82, 2.24) is 0 Å². The quantitative estimate of drug-likeness (QED) is 0.252. The maximum atomic E-state index is 10.7. The van der Waals surface area contributed by atoms with Gasteiger partial charge >= 0.3 is 129 Å². The van der Waals surface area contributed by atoms with Gasteiger partial charge in [-0.25, -0.2) is 16.8 Å². The first kappa shape index (κ1) is 32.2. The zero-order valence-corrected chi connectivity index (χ0v) is 22.4. The van der Waals surface area contributed by atoms with Crippen LogP contribution >= 0.6 is 0 Å². The van der Waals surface area contributed by atoms with Crippen molar-refractivity contribution >= 4 is 20.2 Å². The molecule has 2 rings (SSSR count). The molecule has 0 aromatic rings. The van der Waals surface area contributed by atoms with Gasteiger partial charge < -0.3 is 9.11 Å². The van der Waals surface area contributed by atoms with Crippen molar-refractivity contribution in [1.29, 1.82) is 0 Å². The Kier molecular flexibility index (Phi) is 11.1. The third-order valence-electron chi connectivity index (χ3n) is 4.76. The van der Waals surface area contributed by atoms with Crippen LogP contribution < -0.4 is 0 Å². The number of hydrogen-bond acceptors (Lipinski definition) is 6. The first-order valence-electron chi connectivity index (χ1n) is 9.02. The minimum absolute atomic E-state index is 0.581. The molecule has 0 fully saturated rings. The van der Waals surface area contributed by atoms with Gasteiger partial charge in [0, 0.05) is 0 Å². The zero-order valence-electron chi connectivity index (χ0n) is 18.3. The summed E-state index contributed by atoms with van der Waals surface area (Å²) in [6.45, 7) is 13.9. The summed E-state index contributed by atoms with van der Waals surface area (Å²) in [6, 6.07) is 0. The molecule has 0 N–H and O–H groups in total. The summed E-state index contributed by atoms with van der Waals surface area (Å²) in [5.74, 6) is 1.35. The zero-order chi connectivity index (χ0) is 26.7. The molecule has 0 spiro atoms. The Morgan fingerprint density at radius 3 is 1.03 bits per heavy atom. The summed E-state index contributed by atoms with van der Waals surface area (Å²) in [5, 5.41) is 0. The average molecular weight is 604 g/mol. The molecule has 2 unspecified atom stereocenters. The van der Waals surface area contributed by atoms with E-state index >= 15 is 0 Å². The van der Waals surface area contributed by atoms with Crippen LogP contribution in [0.3, 0.4) is 0 Å². The van der Waals surface area contributed by atoms with E-state index in [-0.39, 0.29) is 0 Å². The van der Waals surface area contributed by atoms with Gasteiger partial charge in [0.15, 0.2) is 20.2 Å². The fraction of sp³-hybridized carbons (Fsp3) is 0.556. The van der Waals surface area contributed by atoms with E-state index < -0.39 is 54.5 Å². The molecule has 0 aromatic heterocycles. The fourth-order valence-corrected chi connectivity index (χ4v) is 6.85. The molecule has 6 nitrogen and oxygen atoms in total. The molecule has 2 aliphatic rings. The largest absolute Gasteiger partial charge is 0.741 e. The van der Waals surface area contributed by atoms with Crippen LogP contribution in [0, 0.1) is 11.8 Å². The SMILES string of the molecule is CC1=CC(C)C(C)=[C]1[Zr+2][C]1=C(C)C(C)C=C1C.O=S(=O)([O-])C(F)(F)F.O=S(=O)([O-])C(F)(F)F. The number of halogens is 6. The van der Waals surface area contributed by atoms with Gasteiger partial charge in [-0.15, -0.1) is 0 Å². The van der Waals surface area contributed by atoms with Crippen molar-refractivity contribution in [3.8, 4) is 0 Å². The number of alkyl halides is 6. The molecule has 0 saturated carbocycles. The van der Waals surface area contributed by atoms with Gasteiger partial charge in [0.1, 0.15) is 0 Å². The van der Waals surface area contributed by atoms with Gasteiger partial charge in [-0.05, 0) is 0 Å². The van der Waals surface area contributed by atoms with Crippen molar-refractivity contribution in [2.75, 3.05) is 0 Å². The molecule has 33 heavy (non-hydrogen) atoms. The standard InChI is InChI=1S/2C8H11.2CHF3O3S.Zr/c2*1-6-4-7(2)8(3)5-6;2*2-1(3,4)8(5,6)7;/h2*4,7H,1-3H3;2*(H,5,6,7);/q;;;;+2/p-2. The molecule has 2 aliphatic carbocycles. The molecule has 188 valence electrons. The molecule has 0 bridgehead atoms. The Bertz CT molecular complexity index is 994. The minimum Gasteiger partial charge on any atom is -0.741 e. The van der Waals surface area contributed by atoms with Crippen molar-refractivity contribution in [3.63, 3.8) is 0 Å². The van der Waals surface area contributed by atoms with E-state index in [1.807, 2.05) is 0 Å². The summed E-state index contributed by atoms with van der Waals surface area (Å²) < 4.78 is 121. The van der Waals surface area contributed by atoms with Crippen LogP contribution in [-0.4, -0.2) is 37.0 Å². The summed E-state index contributed by atoms with van der Waals surface area (Å²) in [5.41, 5.74) is -4.88. The molecule has 0 amide bonds. The third-order valence-corrected chi connectivity index (χ3v) is 11.0. The second-order valence-corrected chi connectivity index (χ2v) is 13.1. The van der Waals surface area contributed by atoms with Crippen molar-refractivity contribution in [2.45, 2.75) is 52.6 Å². The normalized spacial score (nSPS) is 21.5. The van der Waals surface area contributed by atoms with Crippen LogP contribution in [0.15, 0.2) is 41.0 Å². The monoisotopic (exact) mass is 602 g/mol. The second-order valence-electron chi connectivity index (χ2n) is 7.32. The molecule has 0 heterocycles. The molecular weight excluding hydrogens is 582 g/mol. The number of hydrogen-bond donors (Lipinski definition) is 0. The predicted molar refractivity (Wildman–Crippen MR) is 103 cm³/mol. The van der Waals surface area contributed by atoms with Crippen LogP contribution in [0.5, 0.6) is 0 Å². The molecule has 0 radical (unpaired) electrons. The van der Waals surface area contributed by atoms with Crippen LogP contribution in [-0.2, 0) is 43.5 Å². The summed E-state index contributed by atoms with van der Waals surface area (Å²) in [7, 11) is -12.2. The van der Waals surface area contributed by atoms with Crippen LogP contribution in [0.1, 0.15) is 41.5 Å². The molecule has 15 heteroatoms. The molecule has 0 saturated heterocycles. The van der Waals surface area contributed by atoms with E-state index in [1.165, 1.54) is 0 Å². The Morgan fingerprint density at radius 1 is 0.697 bits per heavy atom. The average Bonchev–Trinajstić information content (AvgIpc) is 2.95. The topological polar surface area (TPSA) is 114 Å². The van der Waals surface area contributed by atoms with E-state index in [9.17, 15) is 26.3 Å². The van der Waals surface area contributed by atoms with Crippen molar-refractivity contribution < 1.29 is 75.5 Å². The molecular formula is C18H22F6O6S2Zr. The van der Waals surface area contributed by atoms with Crippen LogP contribution in [0.25, 0.3) is 0 Å². The first-order chi connectivity index (χ1) is 14.4. The van der Waals surface area contributed by atoms with E-state index in [0.29, 0.717) is 11.8 Å². The van der Waals surface area contributed by atoms with Crippen molar-refractivity contribution in [2.24, 2.45) is 11.8 Å². The maximum Gasteiger partial charge on any atom is 0.485 e. The maximum absolute atomic E-state index is 10.7. The minimum atomic E-state index is -6.09. The smallest absolute Gasteiger partial charge is 0.485 e. The molecule has 2 atom stereocenters. The number of rotatable bonds is 2. The van der Waals surface area contributed by atoms with Crippen molar-refractivity contribution in [3.05, 3.63) is 41.0 Å². The fourth-order valence-electron chi connectivity index (χ4n) is 2.76. The number of allylic oxidation sites excluding steroid dienone is 8. The van der Waals surface area contributed by atoms with Gasteiger partial charge in [0.2, 0.25) is 0 Å². The first-order valence-corrected chi connectivity index (χ1v) is 14.3. The molecule has 0 aliphatic heterocycles. The Morgan fingerprint density at radius 2 is 0.909 bits per heavy atom. The Hall–Kier alpha value is -0.757. The van der Waals surface area contributed by atoms with E-state index in [1.54, 1.807) is 28.9 Å². The van der Waals surface area contributed by atoms with E-state index in [2.05, 4.69) is 53.7 Å². The third kappa shape index (κ3) is 9.42. The van der Waals surface area contributed by atoms with Gasteiger partial charge in [-0.1, -0.05) is 0 Å². The van der Waals surface area contributed by atoms with Gasteiger partial charge in [-0.3, -0.25) is 0 Å². The second kappa shape index (κ2) is 11.3. The Balaban J connectivity index is 0.000000539. The Labute approximate surface area is 200 Å². The van der Waals surface area contributed by atoms with Gasteiger partial charge in [0.25, 0.3) is 0 Å². The summed E-state index contributed by atoms with van der Waals surface area (Å²) in [6.07, 6.45) is 4.89. The van der Waals surface area contributed by atoms with Crippen LogP contribution in [0.2, 0.25) is 0 Å². The van der Waals surface area contributed by atoms with Crippen LogP contribution in [0.4, 0.5) is 26.3 Å². The van der Waals surface area contributed by atoms with E-state index in [0.717, 1.165) is 0 Å². The van der Waals surface area contributed by atoms with Gasteiger partial charge in [-0.2, -0.15) is 26.3 Å². The summed E-state index contributed by atoms with van der Waals surface area (Å²) in [4.78, 5) is 0. The van der Waals surface area contributed by atoms with Gasteiger partial charge in [0.05, 0.1) is 0 Å².